The Bertz CT molecular complexity index is 182. The number of unbranched alkanes of at least 4 members (excludes halogenated alkanes) is 1. The molecule has 0 fully saturated rings. The van der Waals surface area contributed by atoms with Crippen LogP contribution >= 0.6 is 0 Å². The molecule has 0 unspecified atom stereocenters. The average Bonchev–Trinajstić information content (AvgIpc) is 2.25. The SMILES string of the molecule is CC[CH2][In]([CH2]CCCN(C(C)C)C(C)C)[CH](C)C. The van der Waals surface area contributed by atoms with Gasteiger partial charge in [0.2, 0.25) is 0 Å². The fourth-order valence-corrected chi connectivity index (χ4v) is 12.1. The number of nitrogens with zero attached hydrogens (tertiary/aromatic N) is 1. The van der Waals surface area contributed by atoms with Crippen molar-refractivity contribution in [1.29, 1.82) is 0 Å². The van der Waals surface area contributed by atoms with Crippen molar-refractivity contribution in [3.63, 3.8) is 0 Å². The minimum absolute atomic E-state index is 0.699. The molecule has 18 heavy (non-hydrogen) atoms. The summed E-state index contributed by atoms with van der Waals surface area (Å²) in [6.07, 6.45) is 4.35. The second kappa shape index (κ2) is 10.6. The topological polar surface area (TPSA) is 3.24 Å². The Morgan fingerprint density at radius 1 is 0.833 bits per heavy atom. The van der Waals surface area contributed by atoms with Gasteiger partial charge in [-0.1, -0.05) is 0 Å². The van der Waals surface area contributed by atoms with E-state index in [9.17, 15) is 0 Å². The van der Waals surface area contributed by atoms with Crippen LogP contribution in [-0.2, 0) is 0 Å². The molecule has 1 nitrogen and oxygen atoms in total. The molecule has 0 amide bonds. The molecular weight excluding hydrogens is 321 g/mol. The molecule has 0 N–H and O–H groups in total. The molecule has 2 heteroatoms. The molecule has 0 bridgehead atoms. The van der Waals surface area contributed by atoms with Gasteiger partial charge in [-0.2, -0.15) is 0 Å². The van der Waals surface area contributed by atoms with Crippen LogP contribution in [0, 0.1) is 0 Å². The third kappa shape index (κ3) is 8.09. The Balaban J connectivity index is 3.88. The summed E-state index contributed by atoms with van der Waals surface area (Å²) in [5.74, 6) is 0. The first-order valence-corrected chi connectivity index (χ1v) is 14.7. The number of hydrogen-bond donors (Lipinski definition) is 0. The van der Waals surface area contributed by atoms with Crippen molar-refractivity contribution in [2.24, 2.45) is 0 Å². The van der Waals surface area contributed by atoms with Gasteiger partial charge in [-0.3, -0.25) is 0 Å². The molecule has 0 aliphatic heterocycles. The zero-order valence-electron chi connectivity index (χ0n) is 14.0. The fourth-order valence-electron chi connectivity index (χ4n) is 3.00. The predicted octanol–water partition coefficient (Wildman–Crippen LogP) is 5.20. The zero-order valence-corrected chi connectivity index (χ0v) is 17.3. The van der Waals surface area contributed by atoms with Crippen LogP contribution in [-0.4, -0.2) is 45.0 Å². The van der Waals surface area contributed by atoms with Gasteiger partial charge in [-0.15, -0.1) is 0 Å². The summed E-state index contributed by atoms with van der Waals surface area (Å²) in [4.78, 5) is 2.64. The molecule has 0 aliphatic rings. The Labute approximate surface area is 124 Å². The van der Waals surface area contributed by atoms with Crippen LogP contribution in [0.15, 0.2) is 0 Å². The first-order chi connectivity index (χ1) is 8.40. The van der Waals surface area contributed by atoms with Gasteiger partial charge in [0.1, 0.15) is 0 Å². The van der Waals surface area contributed by atoms with Gasteiger partial charge in [-0.05, 0) is 0 Å². The van der Waals surface area contributed by atoms with E-state index < -0.39 is 21.4 Å². The monoisotopic (exact) mass is 357 g/mol. The standard InChI is InChI=1S/C10H22N.2C3H7.In/c1-6-7-8-11(9(2)3)10(4)5;2*1-3-2;/h9-10H,1,6-8H2,2-5H3;3H,1-2H3;1,3H2,2H3;. The van der Waals surface area contributed by atoms with Crippen molar-refractivity contribution in [2.45, 2.75) is 91.8 Å². The van der Waals surface area contributed by atoms with Gasteiger partial charge in [0, 0.05) is 0 Å². The maximum atomic E-state index is 2.64. The molecule has 0 rings (SSSR count). The Morgan fingerprint density at radius 3 is 1.78 bits per heavy atom. The summed E-state index contributed by atoms with van der Waals surface area (Å²) in [6.45, 7) is 17.9. The number of rotatable bonds is 10. The minimum atomic E-state index is -1.15. The summed E-state index contributed by atoms with van der Waals surface area (Å²) < 4.78 is 4.33. The number of hydrogen-bond acceptors (Lipinski definition) is 1. The van der Waals surface area contributed by atoms with Gasteiger partial charge in [-0.25, -0.2) is 0 Å². The van der Waals surface area contributed by atoms with Crippen molar-refractivity contribution in [2.75, 3.05) is 6.54 Å². The quantitative estimate of drug-likeness (QED) is 0.486. The fraction of sp³-hybridized carbons (Fsp3) is 1.00. The van der Waals surface area contributed by atoms with E-state index in [1.165, 1.54) is 25.8 Å². The van der Waals surface area contributed by atoms with Gasteiger partial charge >= 0.3 is 125 Å². The molecule has 0 aliphatic carbocycles. The Hall–Kier alpha value is 0.830. The maximum absolute atomic E-state index is 2.64. The Morgan fingerprint density at radius 2 is 1.39 bits per heavy atom. The molecule has 0 saturated heterocycles. The molecule has 0 atom stereocenters. The predicted molar refractivity (Wildman–Crippen MR) is 87.0 cm³/mol. The van der Waals surface area contributed by atoms with Crippen LogP contribution in [0.5, 0.6) is 0 Å². The summed E-state index contributed by atoms with van der Waals surface area (Å²) in [5.41, 5.74) is 0. The van der Waals surface area contributed by atoms with E-state index >= 15 is 0 Å². The van der Waals surface area contributed by atoms with E-state index in [1.807, 2.05) is 0 Å². The first kappa shape index (κ1) is 18.8. The molecule has 0 spiro atoms. The van der Waals surface area contributed by atoms with Crippen LogP contribution in [0.2, 0.25) is 12.0 Å². The third-order valence-electron chi connectivity index (χ3n) is 4.17. The van der Waals surface area contributed by atoms with Crippen molar-refractivity contribution in [3.8, 4) is 0 Å². The third-order valence-corrected chi connectivity index (χ3v) is 16.6. The normalized spacial score (nSPS) is 12.2. The second-order valence-electron chi connectivity index (χ2n) is 6.71. The van der Waals surface area contributed by atoms with E-state index in [-0.39, 0.29) is 0 Å². The molecule has 0 aromatic carbocycles. The average molecular weight is 357 g/mol. The van der Waals surface area contributed by atoms with Crippen molar-refractivity contribution in [1.82, 2.24) is 4.90 Å². The molecule has 0 aromatic rings. The molecule has 0 aromatic heterocycles. The van der Waals surface area contributed by atoms with E-state index in [0.717, 1.165) is 3.67 Å². The van der Waals surface area contributed by atoms with E-state index in [1.54, 1.807) is 8.35 Å². The second-order valence-corrected chi connectivity index (χ2v) is 18.2. The van der Waals surface area contributed by atoms with Crippen molar-refractivity contribution in [3.05, 3.63) is 0 Å². The van der Waals surface area contributed by atoms with Crippen molar-refractivity contribution < 1.29 is 0 Å². The van der Waals surface area contributed by atoms with Gasteiger partial charge in [0.15, 0.2) is 0 Å². The molecular formula is C16H36InN. The van der Waals surface area contributed by atoms with Gasteiger partial charge < -0.3 is 0 Å². The molecule has 0 saturated carbocycles. The summed E-state index contributed by atoms with van der Waals surface area (Å²) >= 11 is -1.15. The van der Waals surface area contributed by atoms with E-state index in [4.69, 9.17) is 0 Å². The van der Waals surface area contributed by atoms with Gasteiger partial charge in [0.05, 0.1) is 0 Å². The Kier molecular flexibility index (Phi) is 11.1. The molecule has 0 heterocycles. The zero-order chi connectivity index (χ0) is 14.1. The molecule has 108 valence electrons. The summed E-state index contributed by atoms with van der Waals surface area (Å²) in [6, 6.07) is 1.40. The first-order valence-electron chi connectivity index (χ1n) is 8.15. The van der Waals surface area contributed by atoms with Crippen LogP contribution in [0.25, 0.3) is 0 Å². The van der Waals surface area contributed by atoms with Gasteiger partial charge in [0.25, 0.3) is 0 Å². The van der Waals surface area contributed by atoms with Crippen LogP contribution < -0.4 is 0 Å². The van der Waals surface area contributed by atoms with E-state index in [2.05, 4.69) is 53.4 Å². The van der Waals surface area contributed by atoms with Crippen LogP contribution in [0.4, 0.5) is 0 Å². The summed E-state index contributed by atoms with van der Waals surface area (Å²) in [5, 5.41) is 0. The van der Waals surface area contributed by atoms with E-state index in [0.29, 0.717) is 12.1 Å². The van der Waals surface area contributed by atoms with Crippen molar-refractivity contribution >= 4 is 21.4 Å². The van der Waals surface area contributed by atoms with Crippen LogP contribution in [0.3, 0.4) is 0 Å². The van der Waals surface area contributed by atoms with Crippen LogP contribution in [0.1, 0.15) is 67.7 Å². The summed E-state index contributed by atoms with van der Waals surface area (Å²) in [7, 11) is 0. The molecule has 0 radical (unpaired) electrons.